The molecule has 7 heteroatoms. The number of benzene rings is 2. The number of methoxy groups -OCH3 is 1. The Morgan fingerprint density at radius 3 is 2.44 bits per heavy atom. The molecule has 0 saturated heterocycles. The number of amides is 1. The fourth-order valence-electron chi connectivity index (χ4n) is 2.40. The lowest BCUT2D eigenvalue weighted by atomic mass is 10.1. The molecule has 0 aromatic heterocycles. The van der Waals surface area contributed by atoms with Crippen LogP contribution in [0, 0.1) is 10.1 Å². The van der Waals surface area contributed by atoms with E-state index in [1.54, 1.807) is 6.07 Å². The first-order valence-electron chi connectivity index (χ1n) is 7.64. The van der Waals surface area contributed by atoms with Crippen LogP contribution in [0.15, 0.2) is 54.6 Å². The Bertz CT molecular complexity index is 761. The largest absolute Gasteiger partial charge is 0.467 e. The molecule has 0 aliphatic carbocycles. The summed E-state index contributed by atoms with van der Waals surface area (Å²) in [6.07, 6.45) is 0.234. The zero-order valence-electron chi connectivity index (χ0n) is 13.7. The lowest BCUT2D eigenvalue weighted by molar-refractivity contribution is -0.384. The van der Waals surface area contributed by atoms with Gasteiger partial charge in [-0.05, 0) is 11.1 Å². The molecular formula is C18H18N2O5. The van der Waals surface area contributed by atoms with Crippen molar-refractivity contribution in [1.82, 2.24) is 5.32 Å². The molecule has 0 aliphatic heterocycles. The normalized spacial score (nSPS) is 11.4. The minimum atomic E-state index is -0.821. The molecule has 2 rings (SSSR count). The first-order valence-corrected chi connectivity index (χ1v) is 7.64. The number of hydrogen-bond donors (Lipinski definition) is 1. The van der Waals surface area contributed by atoms with Crippen molar-refractivity contribution in [3.63, 3.8) is 0 Å². The van der Waals surface area contributed by atoms with E-state index in [4.69, 9.17) is 4.74 Å². The number of carbonyl (C=O) groups is 2. The lowest BCUT2D eigenvalue weighted by Gasteiger charge is -2.16. The molecule has 0 fully saturated rings. The predicted molar refractivity (Wildman–Crippen MR) is 90.9 cm³/mol. The maximum absolute atomic E-state index is 12.2. The number of nitrogens with zero attached hydrogens (tertiary/aromatic N) is 1. The van der Waals surface area contributed by atoms with Crippen LogP contribution in [-0.2, 0) is 27.2 Å². The van der Waals surface area contributed by atoms with Gasteiger partial charge >= 0.3 is 5.97 Å². The molecule has 1 N–H and O–H groups in total. The van der Waals surface area contributed by atoms with Crippen molar-refractivity contribution in [3.05, 3.63) is 75.8 Å². The van der Waals surface area contributed by atoms with Gasteiger partial charge in [0.2, 0.25) is 5.91 Å². The highest BCUT2D eigenvalue weighted by Gasteiger charge is 2.22. The maximum Gasteiger partial charge on any atom is 0.328 e. The molecule has 0 radical (unpaired) electrons. The van der Waals surface area contributed by atoms with Gasteiger partial charge in [0.1, 0.15) is 6.04 Å². The average molecular weight is 342 g/mol. The molecule has 0 spiro atoms. The highest BCUT2D eigenvalue weighted by molar-refractivity contribution is 5.85. The summed E-state index contributed by atoms with van der Waals surface area (Å²) in [5, 5.41) is 13.4. The SMILES string of the molecule is COC(=O)C(Cc1ccccc1)NC(=O)Cc1cccc([N+](=O)[O-])c1. The van der Waals surface area contributed by atoms with Gasteiger partial charge in [-0.25, -0.2) is 4.79 Å². The first kappa shape index (κ1) is 18.1. The Balaban J connectivity index is 2.05. The highest BCUT2D eigenvalue weighted by Crippen LogP contribution is 2.13. The number of rotatable bonds is 7. The molecule has 2 aromatic carbocycles. The van der Waals surface area contributed by atoms with Crippen LogP contribution in [0.1, 0.15) is 11.1 Å². The summed E-state index contributed by atoms with van der Waals surface area (Å²) < 4.78 is 4.74. The van der Waals surface area contributed by atoms with Crippen molar-refractivity contribution in [2.45, 2.75) is 18.9 Å². The molecule has 2 aromatic rings. The number of non-ortho nitro benzene ring substituents is 1. The predicted octanol–water partition coefficient (Wildman–Crippen LogP) is 2.04. The van der Waals surface area contributed by atoms with Gasteiger partial charge in [0, 0.05) is 18.6 Å². The van der Waals surface area contributed by atoms with E-state index in [9.17, 15) is 19.7 Å². The number of esters is 1. The van der Waals surface area contributed by atoms with Crippen LogP contribution in [0.5, 0.6) is 0 Å². The summed E-state index contributed by atoms with van der Waals surface area (Å²) in [6.45, 7) is 0. The minimum Gasteiger partial charge on any atom is -0.467 e. The number of nitrogens with one attached hydrogen (secondary N) is 1. The number of ether oxygens (including phenoxy) is 1. The van der Waals surface area contributed by atoms with Crippen LogP contribution in [0.25, 0.3) is 0 Å². The van der Waals surface area contributed by atoms with Gasteiger partial charge in [-0.1, -0.05) is 42.5 Å². The van der Waals surface area contributed by atoms with Crippen molar-refractivity contribution >= 4 is 17.6 Å². The second-order valence-electron chi connectivity index (χ2n) is 5.44. The zero-order chi connectivity index (χ0) is 18.2. The Hall–Kier alpha value is -3.22. The maximum atomic E-state index is 12.2. The summed E-state index contributed by atoms with van der Waals surface area (Å²) in [6, 6.07) is 14.3. The van der Waals surface area contributed by atoms with Crippen molar-refractivity contribution in [3.8, 4) is 0 Å². The number of nitro groups is 1. The Labute approximate surface area is 144 Å². The summed E-state index contributed by atoms with van der Waals surface area (Å²) in [7, 11) is 1.26. The van der Waals surface area contributed by atoms with E-state index in [1.807, 2.05) is 30.3 Å². The molecule has 1 unspecified atom stereocenters. The molecule has 7 nitrogen and oxygen atoms in total. The molecule has 1 atom stereocenters. The van der Waals surface area contributed by atoms with E-state index in [0.717, 1.165) is 5.56 Å². The number of carbonyl (C=O) groups excluding carboxylic acids is 2. The summed E-state index contributed by atoms with van der Waals surface area (Å²) in [4.78, 5) is 34.4. The van der Waals surface area contributed by atoms with Gasteiger partial charge in [0.15, 0.2) is 0 Å². The Morgan fingerprint density at radius 2 is 1.80 bits per heavy atom. The van der Waals surface area contributed by atoms with Crippen LogP contribution >= 0.6 is 0 Å². The third kappa shape index (κ3) is 5.42. The molecule has 0 saturated carbocycles. The van der Waals surface area contributed by atoms with Gasteiger partial charge < -0.3 is 10.1 Å². The van der Waals surface area contributed by atoms with E-state index in [1.165, 1.54) is 25.3 Å². The molecule has 0 heterocycles. The van der Waals surface area contributed by atoms with E-state index in [2.05, 4.69) is 5.32 Å². The van der Waals surface area contributed by atoms with Crippen LogP contribution in [0.3, 0.4) is 0 Å². The van der Waals surface area contributed by atoms with Crippen LogP contribution in [0.2, 0.25) is 0 Å². The highest BCUT2D eigenvalue weighted by atomic mass is 16.6. The number of nitro benzene ring substituents is 1. The Morgan fingerprint density at radius 1 is 1.12 bits per heavy atom. The molecule has 1 amide bonds. The molecule has 0 aliphatic rings. The van der Waals surface area contributed by atoms with Gasteiger partial charge in [0.05, 0.1) is 18.5 Å². The van der Waals surface area contributed by atoms with Gasteiger partial charge in [-0.2, -0.15) is 0 Å². The second-order valence-corrected chi connectivity index (χ2v) is 5.44. The van der Waals surface area contributed by atoms with E-state index in [-0.39, 0.29) is 12.1 Å². The zero-order valence-corrected chi connectivity index (χ0v) is 13.7. The molecular weight excluding hydrogens is 324 g/mol. The smallest absolute Gasteiger partial charge is 0.328 e. The molecule has 130 valence electrons. The van der Waals surface area contributed by atoms with Gasteiger partial charge in [-0.3, -0.25) is 14.9 Å². The first-order chi connectivity index (χ1) is 12.0. The summed E-state index contributed by atoms with van der Waals surface area (Å²) in [5.41, 5.74) is 1.29. The van der Waals surface area contributed by atoms with E-state index >= 15 is 0 Å². The monoisotopic (exact) mass is 342 g/mol. The van der Waals surface area contributed by atoms with E-state index < -0.39 is 22.8 Å². The topological polar surface area (TPSA) is 98.5 Å². The van der Waals surface area contributed by atoms with Crippen molar-refractivity contribution < 1.29 is 19.2 Å². The average Bonchev–Trinajstić information content (AvgIpc) is 2.61. The van der Waals surface area contributed by atoms with Gasteiger partial charge in [0.25, 0.3) is 5.69 Å². The van der Waals surface area contributed by atoms with Crippen molar-refractivity contribution in [2.24, 2.45) is 0 Å². The fourth-order valence-corrected chi connectivity index (χ4v) is 2.40. The van der Waals surface area contributed by atoms with Crippen LogP contribution in [0.4, 0.5) is 5.69 Å². The third-order valence-electron chi connectivity index (χ3n) is 3.59. The third-order valence-corrected chi connectivity index (χ3v) is 3.59. The van der Waals surface area contributed by atoms with Gasteiger partial charge in [-0.15, -0.1) is 0 Å². The second kappa shape index (κ2) is 8.58. The molecule has 25 heavy (non-hydrogen) atoms. The van der Waals surface area contributed by atoms with Crippen molar-refractivity contribution in [2.75, 3.05) is 7.11 Å². The fraction of sp³-hybridized carbons (Fsp3) is 0.222. The Kier molecular flexibility index (Phi) is 6.22. The number of hydrogen-bond acceptors (Lipinski definition) is 5. The van der Waals surface area contributed by atoms with Crippen LogP contribution in [-0.4, -0.2) is 30.0 Å². The van der Waals surface area contributed by atoms with Crippen LogP contribution < -0.4 is 5.32 Å². The van der Waals surface area contributed by atoms with Crippen molar-refractivity contribution in [1.29, 1.82) is 0 Å². The summed E-state index contributed by atoms with van der Waals surface area (Å²) >= 11 is 0. The lowest BCUT2D eigenvalue weighted by Crippen LogP contribution is -2.43. The summed E-state index contributed by atoms with van der Waals surface area (Å²) in [5.74, 6) is -0.955. The minimum absolute atomic E-state index is 0.0655. The van der Waals surface area contributed by atoms with E-state index in [0.29, 0.717) is 12.0 Å². The standard InChI is InChI=1S/C18H18N2O5/c1-25-18(22)16(11-13-6-3-2-4-7-13)19-17(21)12-14-8-5-9-15(10-14)20(23)24/h2-10,16H,11-12H2,1H3,(H,19,21). The molecule has 0 bridgehead atoms. The quantitative estimate of drug-likeness (QED) is 0.472.